The van der Waals surface area contributed by atoms with Gasteiger partial charge in [0.25, 0.3) is 0 Å². The Morgan fingerprint density at radius 2 is 1.73 bits per heavy atom. The van der Waals surface area contributed by atoms with Crippen molar-refractivity contribution in [3.63, 3.8) is 0 Å². The highest BCUT2D eigenvalue weighted by molar-refractivity contribution is 6.32. The summed E-state index contributed by atoms with van der Waals surface area (Å²) in [5, 5.41) is 2.88. The van der Waals surface area contributed by atoms with Gasteiger partial charge in [-0.15, -0.1) is 11.6 Å². The van der Waals surface area contributed by atoms with Crippen molar-refractivity contribution < 1.29 is 9.53 Å². The van der Waals surface area contributed by atoms with Crippen molar-refractivity contribution in [1.82, 2.24) is 9.55 Å². The molecular formula is C23H19Cl3N2O2. The second kappa shape index (κ2) is 7.77. The predicted molar refractivity (Wildman–Crippen MR) is 124 cm³/mol. The van der Waals surface area contributed by atoms with Crippen LogP contribution in [0.25, 0.3) is 33.1 Å². The monoisotopic (exact) mass is 460 g/mol. The highest BCUT2D eigenvalue weighted by Gasteiger charge is 2.22. The molecule has 0 saturated heterocycles. The SMILES string of the molecule is CC(C)(C)OC(=O)n1cc(-c2cc(CCl)c3ccc(Cl)cc3n2)c2cc(Cl)ccc21. The molecule has 0 bridgehead atoms. The van der Waals surface area contributed by atoms with Gasteiger partial charge >= 0.3 is 6.09 Å². The number of pyridine rings is 1. The number of halogens is 3. The molecule has 0 unspecified atom stereocenters. The molecule has 0 radical (unpaired) electrons. The summed E-state index contributed by atoms with van der Waals surface area (Å²) in [5.41, 5.74) is 3.15. The summed E-state index contributed by atoms with van der Waals surface area (Å²) in [4.78, 5) is 17.6. The van der Waals surface area contributed by atoms with Crippen LogP contribution < -0.4 is 0 Å². The van der Waals surface area contributed by atoms with E-state index in [9.17, 15) is 4.79 Å². The van der Waals surface area contributed by atoms with Gasteiger partial charge in [0, 0.05) is 38.5 Å². The Labute approximate surface area is 189 Å². The number of aromatic nitrogens is 2. The summed E-state index contributed by atoms with van der Waals surface area (Å²) in [5.74, 6) is 0.319. The van der Waals surface area contributed by atoms with Crippen LogP contribution in [0, 0.1) is 0 Å². The van der Waals surface area contributed by atoms with Crippen LogP contribution in [-0.2, 0) is 10.6 Å². The molecule has 2 aromatic carbocycles. The first-order chi connectivity index (χ1) is 14.2. The van der Waals surface area contributed by atoms with Crippen LogP contribution in [0.15, 0.2) is 48.7 Å². The third-order valence-electron chi connectivity index (χ3n) is 4.63. The van der Waals surface area contributed by atoms with Gasteiger partial charge in [-0.05, 0) is 62.7 Å². The zero-order valence-electron chi connectivity index (χ0n) is 16.7. The number of alkyl halides is 1. The number of fused-ring (bicyclic) bond motifs is 2. The van der Waals surface area contributed by atoms with E-state index >= 15 is 0 Å². The molecule has 30 heavy (non-hydrogen) atoms. The summed E-state index contributed by atoms with van der Waals surface area (Å²) in [6.07, 6.45) is 1.26. The van der Waals surface area contributed by atoms with E-state index < -0.39 is 11.7 Å². The van der Waals surface area contributed by atoms with Gasteiger partial charge in [0.05, 0.1) is 16.7 Å². The van der Waals surface area contributed by atoms with Crippen molar-refractivity contribution >= 4 is 62.7 Å². The lowest BCUT2D eigenvalue weighted by molar-refractivity contribution is 0.0544. The minimum atomic E-state index is -0.621. The second-order valence-corrected chi connectivity index (χ2v) is 9.16. The molecule has 154 valence electrons. The first-order valence-electron chi connectivity index (χ1n) is 9.36. The van der Waals surface area contributed by atoms with Gasteiger partial charge in [-0.2, -0.15) is 0 Å². The molecular weight excluding hydrogens is 443 g/mol. The van der Waals surface area contributed by atoms with Gasteiger partial charge in [-0.3, -0.25) is 4.57 Å². The topological polar surface area (TPSA) is 44.1 Å². The van der Waals surface area contributed by atoms with Gasteiger partial charge in [-0.1, -0.05) is 29.3 Å². The van der Waals surface area contributed by atoms with Crippen LogP contribution in [0.4, 0.5) is 4.79 Å². The molecule has 0 fully saturated rings. The van der Waals surface area contributed by atoms with E-state index in [2.05, 4.69) is 0 Å². The minimum Gasteiger partial charge on any atom is -0.443 e. The molecule has 4 nitrogen and oxygen atoms in total. The largest absolute Gasteiger partial charge is 0.443 e. The number of carbonyl (C=O) groups excluding carboxylic acids is 1. The number of benzene rings is 2. The standard InChI is InChI=1S/C23H19Cl3N2O2/c1-23(2,3)30-22(29)28-12-18(17-9-14(25)5-7-21(17)28)19-8-13(11-24)16-6-4-15(26)10-20(16)27-19/h4-10,12H,11H2,1-3H3. The third kappa shape index (κ3) is 4.00. The summed E-state index contributed by atoms with van der Waals surface area (Å²) in [6.45, 7) is 5.49. The van der Waals surface area contributed by atoms with E-state index in [1.807, 2.05) is 45.0 Å². The lowest BCUT2D eigenvalue weighted by Crippen LogP contribution is -2.26. The van der Waals surface area contributed by atoms with Crippen molar-refractivity contribution in [1.29, 1.82) is 0 Å². The van der Waals surface area contributed by atoms with Crippen molar-refractivity contribution in [3.8, 4) is 11.3 Å². The van der Waals surface area contributed by atoms with E-state index in [-0.39, 0.29) is 0 Å². The minimum absolute atomic E-state index is 0.319. The average molecular weight is 462 g/mol. The highest BCUT2D eigenvalue weighted by Crippen LogP contribution is 2.35. The Kier molecular flexibility index (Phi) is 5.43. The highest BCUT2D eigenvalue weighted by atomic mass is 35.5. The second-order valence-electron chi connectivity index (χ2n) is 8.02. The number of carbonyl (C=O) groups is 1. The Hall–Kier alpha value is -2.27. The maximum atomic E-state index is 12.8. The van der Waals surface area contributed by atoms with Gasteiger partial charge in [0.1, 0.15) is 5.60 Å². The fourth-order valence-corrected chi connectivity index (χ4v) is 3.95. The fourth-order valence-electron chi connectivity index (χ4n) is 3.39. The van der Waals surface area contributed by atoms with Crippen molar-refractivity contribution in [2.24, 2.45) is 0 Å². The molecule has 2 heterocycles. The van der Waals surface area contributed by atoms with E-state index in [0.717, 1.165) is 27.4 Å². The predicted octanol–water partition coefficient (Wildman–Crippen LogP) is 7.69. The zero-order chi connectivity index (χ0) is 21.6. The third-order valence-corrected chi connectivity index (χ3v) is 5.39. The molecule has 0 spiro atoms. The Morgan fingerprint density at radius 1 is 1.03 bits per heavy atom. The van der Waals surface area contributed by atoms with E-state index in [1.165, 1.54) is 4.57 Å². The van der Waals surface area contributed by atoms with Crippen LogP contribution in [0.5, 0.6) is 0 Å². The van der Waals surface area contributed by atoms with Crippen molar-refractivity contribution in [2.75, 3.05) is 0 Å². The summed E-state index contributed by atoms with van der Waals surface area (Å²) >= 11 is 18.7. The van der Waals surface area contributed by atoms with E-state index in [1.54, 1.807) is 24.4 Å². The Balaban J connectivity index is 1.97. The number of hydrogen-bond acceptors (Lipinski definition) is 3. The van der Waals surface area contributed by atoms with Gasteiger partial charge in [0.2, 0.25) is 0 Å². The smallest absolute Gasteiger partial charge is 0.419 e. The number of nitrogens with zero attached hydrogens (tertiary/aromatic N) is 2. The van der Waals surface area contributed by atoms with Crippen LogP contribution in [0.3, 0.4) is 0 Å². The molecule has 0 amide bonds. The molecule has 4 rings (SSSR count). The summed E-state index contributed by atoms with van der Waals surface area (Å²) in [6, 6.07) is 12.8. The maximum absolute atomic E-state index is 12.8. The summed E-state index contributed by atoms with van der Waals surface area (Å²) < 4.78 is 7.06. The first kappa shape index (κ1) is 21.0. The quantitative estimate of drug-likeness (QED) is 0.287. The normalized spacial score (nSPS) is 11.9. The molecule has 7 heteroatoms. The van der Waals surface area contributed by atoms with E-state index in [4.69, 9.17) is 44.5 Å². The number of rotatable bonds is 2. The number of hydrogen-bond donors (Lipinski definition) is 0. The lowest BCUT2D eigenvalue weighted by atomic mass is 10.0. The maximum Gasteiger partial charge on any atom is 0.419 e. The summed E-state index contributed by atoms with van der Waals surface area (Å²) in [7, 11) is 0. The van der Waals surface area contributed by atoms with Crippen LogP contribution >= 0.6 is 34.8 Å². The van der Waals surface area contributed by atoms with E-state index in [0.29, 0.717) is 27.1 Å². The first-order valence-corrected chi connectivity index (χ1v) is 10.6. The average Bonchev–Trinajstić information content (AvgIpc) is 3.04. The van der Waals surface area contributed by atoms with Crippen LogP contribution in [-0.4, -0.2) is 21.2 Å². The van der Waals surface area contributed by atoms with Crippen LogP contribution in [0.1, 0.15) is 26.3 Å². The molecule has 0 aliphatic carbocycles. The van der Waals surface area contributed by atoms with Gasteiger partial charge in [0.15, 0.2) is 0 Å². The van der Waals surface area contributed by atoms with Gasteiger partial charge in [-0.25, -0.2) is 9.78 Å². The Morgan fingerprint density at radius 3 is 2.43 bits per heavy atom. The molecule has 0 aliphatic rings. The van der Waals surface area contributed by atoms with Crippen molar-refractivity contribution in [2.45, 2.75) is 32.3 Å². The van der Waals surface area contributed by atoms with Gasteiger partial charge < -0.3 is 4.74 Å². The lowest BCUT2D eigenvalue weighted by Gasteiger charge is -2.19. The number of ether oxygens (including phenoxy) is 1. The molecule has 0 N–H and O–H groups in total. The Bertz CT molecular complexity index is 1290. The van der Waals surface area contributed by atoms with Crippen molar-refractivity contribution in [3.05, 3.63) is 64.3 Å². The molecule has 0 saturated carbocycles. The molecule has 0 atom stereocenters. The zero-order valence-corrected chi connectivity index (χ0v) is 18.9. The molecule has 2 aromatic heterocycles. The molecule has 0 aliphatic heterocycles. The van der Waals surface area contributed by atoms with Crippen LogP contribution in [0.2, 0.25) is 10.0 Å². The molecule has 4 aromatic rings. The fraction of sp³-hybridized carbons (Fsp3) is 0.217.